The number of aryl methyl sites for hydroxylation is 3. The van der Waals surface area contributed by atoms with Crippen LogP contribution in [0.5, 0.6) is 11.6 Å². The number of carbonyl (C=O) groups is 1. The molecule has 0 atom stereocenters. The predicted molar refractivity (Wildman–Crippen MR) is 127 cm³/mol. The lowest BCUT2D eigenvalue weighted by Crippen LogP contribution is -2.13. The fourth-order valence-electron chi connectivity index (χ4n) is 3.12. The first-order chi connectivity index (χ1) is 14.9. The van der Waals surface area contributed by atoms with Gasteiger partial charge in [0, 0.05) is 21.0 Å². The van der Waals surface area contributed by atoms with Gasteiger partial charge in [-0.25, -0.2) is 9.67 Å². The van der Waals surface area contributed by atoms with Crippen molar-refractivity contribution in [1.29, 1.82) is 0 Å². The molecule has 2 aromatic carbocycles. The number of hydrogen-bond donors (Lipinski definition) is 1. The number of benzene rings is 2. The SMILES string of the molecule is Cc1cc(C)n(-c2cc(Oc3ccc(NC(=O)c4ccccc4I)cc3)nc(C)n2)n1. The Labute approximate surface area is 193 Å². The Kier molecular flexibility index (Phi) is 5.99. The van der Waals surface area contributed by atoms with Gasteiger partial charge in [-0.1, -0.05) is 12.1 Å². The molecule has 4 aromatic rings. The first-order valence-corrected chi connectivity index (χ1v) is 10.7. The zero-order valence-corrected chi connectivity index (χ0v) is 19.4. The lowest BCUT2D eigenvalue weighted by Gasteiger charge is -2.10. The minimum absolute atomic E-state index is 0.153. The molecule has 7 nitrogen and oxygen atoms in total. The largest absolute Gasteiger partial charge is 0.439 e. The van der Waals surface area contributed by atoms with E-state index in [1.54, 1.807) is 41.1 Å². The van der Waals surface area contributed by atoms with E-state index in [0.29, 0.717) is 34.5 Å². The number of nitrogens with one attached hydrogen (secondary N) is 1. The van der Waals surface area contributed by atoms with Crippen LogP contribution in [0, 0.1) is 24.3 Å². The van der Waals surface area contributed by atoms with E-state index >= 15 is 0 Å². The number of carbonyl (C=O) groups excluding carboxylic acids is 1. The monoisotopic (exact) mass is 525 g/mol. The minimum atomic E-state index is -0.153. The molecule has 1 N–H and O–H groups in total. The van der Waals surface area contributed by atoms with Crippen molar-refractivity contribution in [2.75, 3.05) is 5.32 Å². The number of aromatic nitrogens is 4. The van der Waals surface area contributed by atoms with Gasteiger partial charge < -0.3 is 10.1 Å². The van der Waals surface area contributed by atoms with Crippen molar-refractivity contribution < 1.29 is 9.53 Å². The second-order valence-corrected chi connectivity index (χ2v) is 8.17. The Morgan fingerprint density at radius 3 is 2.42 bits per heavy atom. The molecule has 0 fully saturated rings. The van der Waals surface area contributed by atoms with E-state index in [2.05, 4.69) is 43.0 Å². The van der Waals surface area contributed by atoms with E-state index in [4.69, 9.17) is 4.74 Å². The van der Waals surface area contributed by atoms with Gasteiger partial charge in [-0.3, -0.25) is 4.79 Å². The molecule has 0 bridgehead atoms. The molecular weight excluding hydrogens is 505 g/mol. The maximum absolute atomic E-state index is 12.5. The van der Waals surface area contributed by atoms with E-state index in [-0.39, 0.29) is 5.91 Å². The van der Waals surface area contributed by atoms with Crippen molar-refractivity contribution in [3.63, 3.8) is 0 Å². The highest BCUT2D eigenvalue weighted by atomic mass is 127. The van der Waals surface area contributed by atoms with E-state index in [1.807, 2.05) is 45.0 Å². The van der Waals surface area contributed by atoms with Gasteiger partial charge in [0.15, 0.2) is 5.82 Å². The predicted octanol–water partition coefficient (Wildman–Crippen LogP) is 5.24. The molecule has 0 unspecified atom stereocenters. The van der Waals surface area contributed by atoms with Crippen LogP contribution in [0.1, 0.15) is 27.6 Å². The maximum Gasteiger partial charge on any atom is 0.256 e. The Balaban J connectivity index is 1.50. The summed E-state index contributed by atoms with van der Waals surface area (Å²) in [5, 5.41) is 7.37. The zero-order valence-electron chi connectivity index (χ0n) is 17.3. The molecule has 0 saturated heterocycles. The van der Waals surface area contributed by atoms with Crippen molar-refractivity contribution in [2.24, 2.45) is 0 Å². The van der Waals surface area contributed by atoms with Crippen LogP contribution in [-0.2, 0) is 0 Å². The normalized spacial score (nSPS) is 10.7. The summed E-state index contributed by atoms with van der Waals surface area (Å²) in [6, 6.07) is 18.3. The van der Waals surface area contributed by atoms with Crippen LogP contribution in [0.25, 0.3) is 5.82 Å². The second kappa shape index (κ2) is 8.84. The fourth-order valence-corrected chi connectivity index (χ4v) is 3.75. The van der Waals surface area contributed by atoms with Crippen LogP contribution < -0.4 is 10.1 Å². The summed E-state index contributed by atoms with van der Waals surface area (Å²) in [6.45, 7) is 5.72. The molecule has 0 radical (unpaired) electrons. The molecule has 2 heterocycles. The van der Waals surface area contributed by atoms with Gasteiger partial charge in [0.05, 0.1) is 11.3 Å². The first kappa shape index (κ1) is 21.0. The lowest BCUT2D eigenvalue weighted by atomic mass is 10.2. The highest BCUT2D eigenvalue weighted by molar-refractivity contribution is 14.1. The average Bonchev–Trinajstić information content (AvgIpc) is 3.07. The molecule has 0 saturated carbocycles. The van der Waals surface area contributed by atoms with E-state index in [0.717, 1.165) is 15.0 Å². The van der Waals surface area contributed by atoms with Crippen LogP contribution in [0.15, 0.2) is 60.7 Å². The molecule has 0 aliphatic carbocycles. The van der Waals surface area contributed by atoms with Gasteiger partial charge in [0.25, 0.3) is 5.91 Å². The Bertz CT molecular complexity index is 1250. The summed E-state index contributed by atoms with van der Waals surface area (Å²) in [4.78, 5) is 21.3. The summed E-state index contributed by atoms with van der Waals surface area (Å²) < 4.78 is 8.59. The van der Waals surface area contributed by atoms with Crippen LogP contribution in [0.3, 0.4) is 0 Å². The molecule has 0 aliphatic rings. The van der Waals surface area contributed by atoms with Gasteiger partial charge >= 0.3 is 0 Å². The van der Waals surface area contributed by atoms with Crippen LogP contribution in [0.4, 0.5) is 5.69 Å². The lowest BCUT2D eigenvalue weighted by molar-refractivity contribution is 0.102. The summed E-state index contributed by atoms with van der Waals surface area (Å²) >= 11 is 2.15. The molecule has 0 aliphatic heterocycles. The van der Waals surface area contributed by atoms with Gasteiger partial charge in [-0.05, 0) is 85.8 Å². The van der Waals surface area contributed by atoms with Crippen molar-refractivity contribution >= 4 is 34.2 Å². The van der Waals surface area contributed by atoms with Gasteiger partial charge in [0.2, 0.25) is 5.88 Å². The number of halogens is 1. The van der Waals surface area contributed by atoms with Gasteiger partial charge in [-0.15, -0.1) is 0 Å². The van der Waals surface area contributed by atoms with Crippen molar-refractivity contribution in [1.82, 2.24) is 19.7 Å². The minimum Gasteiger partial charge on any atom is -0.439 e. The molecular formula is C23H20IN5O2. The third-order valence-corrected chi connectivity index (χ3v) is 5.42. The smallest absolute Gasteiger partial charge is 0.256 e. The Hall–Kier alpha value is -3.27. The zero-order chi connectivity index (χ0) is 22.0. The summed E-state index contributed by atoms with van der Waals surface area (Å²) in [7, 11) is 0. The summed E-state index contributed by atoms with van der Waals surface area (Å²) in [5.41, 5.74) is 3.21. The molecule has 0 spiro atoms. The molecule has 31 heavy (non-hydrogen) atoms. The van der Waals surface area contributed by atoms with Gasteiger partial charge in [-0.2, -0.15) is 10.1 Å². The number of anilines is 1. The highest BCUT2D eigenvalue weighted by Crippen LogP contribution is 2.24. The summed E-state index contributed by atoms with van der Waals surface area (Å²) in [6.07, 6.45) is 0. The van der Waals surface area contributed by atoms with Gasteiger partial charge in [0.1, 0.15) is 11.6 Å². The number of rotatable bonds is 5. The van der Waals surface area contributed by atoms with E-state index < -0.39 is 0 Å². The van der Waals surface area contributed by atoms with Crippen molar-refractivity contribution in [3.05, 3.63) is 87.0 Å². The molecule has 8 heteroatoms. The van der Waals surface area contributed by atoms with E-state index in [9.17, 15) is 4.79 Å². The molecule has 1 amide bonds. The van der Waals surface area contributed by atoms with E-state index in [1.165, 1.54) is 0 Å². The molecule has 4 rings (SSSR count). The second-order valence-electron chi connectivity index (χ2n) is 7.01. The number of nitrogens with zero attached hydrogens (tertiary/aromatic N) is 4. The number of amides is 1. The third kappa shape index (κ3) is 4.91. The number of ether oxygens (including phenoxy) is 1. The van der Waals surface area contributed by atoms with Crippen LogP contribution in [0.2, 0.25) is 0 Å². The quantitative estimate of drug-likeness (QED) is 0.361. The third-order valence-electron chi connectivity index (χ3n) is 4.48. The Morgan fingerprint density at radius 1 is 1.00 bits per heavy atom. The molecule has 156 valence electrons. The standard InChI is InChI=1S/C23H20IN5O2/c1-14-12-15(2)29(28-14)21-13-22(26-16(3)25-21)31-18-10-8-17(9-11-18)27-23(30)19-6-4-5-7-20(19)24/h4-13H,1-3H3,(H,27,30). The van der Waals surface area contributed by atoms with Crippen LogP contribution >= 0.6 is 22.6 Å². The van der Waals surface area contributed by atoms with Crippen LogP contribution in [-0.4, -0.2) is 25.7 Å². The number of hydrogen-bond acceptors (Lipinski definition) is 5. The highest BCUT2D eigenvalue weighted by Gasteiger charge is 2.11. The molecule has 2 aromatic heterocycles. The maximum atomic E-state index is 12.5. The first-order valence-electron chi connectivity index (χ1n) is 9.62. The average molecular weight is 525 g/mol. The van der Waals surface area contributed by atoms with Crippen molar-refractivity contribution in [2.45, 2.75) is 20.8 Å². The fraction of sp³-hybridized carbons (Fsp3) is 0.130. The topological polar surface area (TPSA) is 81.9 Å². The Morgan fingerprint density at radius 2 is 1.74 bits per heavy atom. The summed E-state index contributed by atoms with van der Waals surface area (Å²) in [5.74, 6) is 2.10. The van der Waals surface area contributed by atoms with Crippen molar-refractivity contribution in [3.8, 4) is 17.4 Å².